The number of nitrogens with one attached hydrogen (secondary N) is 1. The molecule has 1 aromatic rings. The van der Waals surface area contributed by atoms with Crippen LogP contribution in [0.1, 0.15) is 12.5 Å². The average Bonchev–Trinajstić information content (AvgIpc) is 3.03. The molecule has 4 nitrogen and oxygen atoms in total. The van der Waals surface area contributed by atoms with E-state index in [0.29, 0.717) is 18.9 Å². The molecule has 2 aliphatic heterocycles. The zero-order valence-electron chi connectivity index (χ0n) is 10.8. The number of nitrogens with zero attached hydrogens (tertiary/aromatic N) is 1. The molecule has 1 saturated heterocycles. The largest absolute Gasteiger partial charge is 0.361 e. The van der Waals surface area contributed by atoms with Crippen LogP contribution < -0.4 is 5.43 Å². The van der Waals surface area contributed by atoms with Gasteiger partial charge in [-0.15, -0.1) is 0 Å². The molecule has 1 aromatic carbocycles. The van der Waals surface area contributed by atoms with Gasteiger partial charge in [0.05, 0.1) is 6.61 Å². The number of hydrogen-bond donors (Lipinski definition) is 1. The normalized spacial score (nSPS) is 29.1. The summed E-state index contributed by atoms with van der Waals surface area (Å²) in [5.74, 6) is 0.0222. The molecule has 0 spiro atoms. The van der Waals surface area contributed by atoms with Crippen LogP contribution in [-0.4, -0.2) is 30.2 Å². The molecule has 3 rings (SSSR count). The first-order valence-corrected chi connectivity index (χ1v) is 6.41. The summed E-state index contributed by atoms with van der Waals surface area (Å²) < 4.78 is 5.20. The first kappa shape index (κ1) is 12.1. The molecule has 2 atom stereocenters. The third-order valence-corrected chi connectivity index (χ3v) is 3.47. The van der Waals surface area contributed by atoms with E-state index in [2.05, 4.69) is 10.5 Å². The lowest BCUT2D eigenvalue weighted by Gasteiger charge is -2.08. The van der Waals surface area contributed by atoms with Gasteiger partial charge in [-0.1, -0.05) is 42.5 Å². The van der Waals surface area contributed by atoms with Gasteiger partial charge in [-0.25, -0.2) is 0 Å². The van der Waals surface area contributed by atoms with E-state index in [4.69, 9.17) is 4.74 Å². The van der Waals surface area contributed by atoms with Crippen LogP contribution in [0.2, 0.25) is 0 Å². The summed E-state index contributed by atoms with van der Waals surface area (Å²) in [4.78, 5) is 12.2. The van der Waals surface area contributed by atoms with E-state index in [1.807, 2.05) is 49.4 Å². The molecule has 2 aliphatic rings. The summed E-state index contributed by atoms with van der Waals surface area (Å²) in [7, 11) is 0. The molecular weight excluding hydrogens is 240 g/mol. The van der Waals surface area contributed by atoms with Crippen molar-refractivity contribution in [3.63, 3.8) is 0 Å². The van der Waals surface area contributed by atoms with E-state index >= 15 is 0 Å². The fraction of sp³-hybridized carbons (Fsp3) is 0.333. The fourth-order valence-corrected chi connectivity index (χ4v) is 2.09. The van der Waals surface area contributed by atoms with Crippen LogP contribution in [0, 0.1) is 5.92 Å². The van der Waals surface area contributed by atoms with Gasteiger partial charge < -0.3 is 10.2 Å². The number of ketones is 1. The second-order valence-corrected chi connectivity index (χ2v) is 5.08. The Kier molecular flexibility index (Phi) is 2.95. The molecule has 0 bridgehead atoms. The molecule has 1 fully saturated rings. The Labute approximate surface area is 112 Å². The van der Waals surface area contributed by atoms with E-state index < -0.39 is 5.60 Å². The Morgan fingerprint density at radius 2 is 2.21 bits per heavy atom. The average molecular weight is 256 g/mol. The molecule has 19 heavy (non-hydrogen) atoms. The van der Waals surface area contributed by atoms with Gasteiger partial charge in [0, 0.05) is 12.5 Å². The number of benzene rings is 1. The summed E-state index contributed by atoms with van der Waals surface area (Å²) in [5, 5.41) is 4.12. The predicted octanol–water partition coefficient (Wildman–Crippen LogP) is 1.63. The van der Waals surface area contributed by atoms with Crippen LogP contribution >= 0.6 is 0 Å². The lowest BCUT2D eigenvalue weighted by Crippen LogP contribution is -2.32. The molecular formula is C15H16N2O2. The van der Waals surface area contributed by atoms with Crippen molar-refractivity contribution in [2.75, 3.05) is 13.2 Å². The minimum absolute atomic E-state index is 0.000196. The number of ether oxygens (including phenoxy) is 1. The molecule has 0 aromatic heterocycles. The molecule has 0 saturated carbocycles. The number of carbonyl (C=O) groups is 1. The van der Waals surface area contributed by atoms with Crippen molar-refractivity contribution >= 4 is 17.6 Å². The highest BCUT2D eigenvalue weighted by molar-refractivity contribution is 6.44. The van der Waals surface area contributed by atoms with Crippen molar-refractivity contribution in [1.29, 1.82) is 0 Å². The van der Waals surface area contributed by atoms with Gasteiger partial charge in [0.1, 0.15) is 5.71 Å². The summed E-state index contributed by atoms with van der Waals surface area (Å²) in [5.41, 5.74) is 3.96. The number of carbonyl (C=O) groups excluding carboxylic acids is 1. The van der Waals surface area contributed by atoms with Crippen LogP contribution in [0.5, 0.6) is 0 Å². The molecule has 0 radical (unpaired) electrons. The van der Waals surface area contributed by atoms with Gasteiger partial charge in [0.15, 0.2) is 5.60 Å². The zero-order chi connectivity index (χ0) is 13.3. The molecule has 0 aliphatic carbocycles. The van der Waals surface area contributed by atoms with Gasteiger partial charge in [0.25, 0.3) is 0 Å². The molecule has 2 heterocycles. The molecule has 98 valence electrons. The second-order valence-electron chi connectivity index (χ2n) is 5.08. The minimum Gasteiger partial charge on any atom is -0.361 e. The highest BCUT2D eigenvalue weighted by Gasteiger charge is 2.50. The Hall–Kier alpha value is -1.94. The monoisotopic (exact) mass is 256 g/mol. The van der Waals surface area contributed by atoms with E-state index in [1.54, 1.807) is 0 Å². The van der Waals surface area contributed by atoms with E-state index in [9.17, 15) is 4.79 Å². The topological polar surface area (TPSA) is 54.0 Å². The fourth-order valence-electron chi connectivity index (χ4n) is 2.09. The van der Waals surface area contributed by atoms with Crippen LogP contribution in [-0.2, 0) is 9.53 Å². The van der Waals surface area contributed by atoms with Crippen molar-refractivity contribution in [3.8, 4) is 0 Å². The standard InChI is InChI=1S/C15H16N2O2/c1-15(10-19-15)14(18)13-12(9-16-17-13)8-7-11-5-3-2-4-6-11/h2-8,12,16H,9-10H2,1H3/b8-7+/t12-,15+/m1/s1. The molecule has 4 heteroatoms. The Morgan fingerprint density at radius 3 is 2.89 bits per heavy atom. The number of hydrazone groups is 1. The Balaban J connectivity index is 1.73. The SMILES string of the molecule is C[C@@]1(C(=O)C2=NNC[C@H]2/C=C/c2ccccc2)CO1. The summed E-state index contributed by atoms with van der Waals surface area (Å²) in [6.45, 7) is 2.98. The Bertz CT molecular complexity index is 545. The number of epoxide rings is 1. The maximum Gasteiger partial charge on any atom is 0.213 e. The smallest absolute Gasteiger partial charge is 0.213 e. The van der Waals surface area contributed by atoms with Crippen LogP contribution in [0.4, 0.5) is 0 Å². The van der Waals surface area contributed by atoms with E-state index in [1.165, 1.54) is 0 Å². The summed E-state index contributed by atoms with van der Waals surface area (Å²) >= 11 is 0. The van der Waals surface area contributed by atoms with Crippen LogP contribution in [0.3, 0.4) is 0 Å². The van der Waals surface area contributed by atoms with Crippen molar-refractivity contribution < 1.29 is 9.53 Å². The lowest BCUT2D eigenvalue weighted by atomic mass is 9.93. The zero-order valence-corrected chi connectivity index (χ0v) is 10.8. The first-order chi connectivity index (χ1) is 9.19. The first-order valence-electron chi connectivity index (χ1n) is 6.41. The van der Waals surface area contributed by atoms with Gasteiger partial charge in [-0.3, -0.25) is 4.79 Å². The number of rotatable bonds is 4. The van der Waals surface area contributed by atoms with Gasteiger partial charge in [-0.2, -0.15) is 5.10 Å². The van der Waals surface area contributed by atoms with Gasteiger partial charge in [0.2, 0.25) is 5.78 Å². The quantitative estimate of drug-likeness (QED) is 0.833. The van der Waals surface area contributed by atoms with Gasteiger partial charge in [-0.05, 0) is 12.5 Å². The highest BCUT2D eigenvalue weighted by atomic mass is 16.6. The summed E-state index contributed by atoms with van der Waals surface area (Å²) in [6.07, 6.45) is 4.05. The molecule has 0 amide bonds. The third kappa shape index (κ3) is 2.44. The predicted molar refractivity (Wildman–Crippen MR) is 73.8 cm³/mol. The van der Waals surface area contributed by atoms with E-state index in [0.717, 1.165) is 5.56 Å². The van der Waals surface area contributed by atoms with Crippen LogP contribution in [0.25, 0.3) is 6.08 Å². The van der Waals surface area contributed by atoms with Crippen LogP contribution in [0.15, 0.2) is 41.5 Å². The highest BCUT2D eigenvalue weighted by Crippen LogP contribution is 2.29. The molecule has 1 N–H and O–H groups in total. The maximum atomic E-state index is 12.2. The second kappa shape index (κ2) is 4.63. The third-order valence-electron chi connectivity index (χ3n) is 3.47. The van der Waals surface area contributed by atoms with Gasteiger partial charge >= 0.3 is 0 Å². The van der Waals surface area contributed by atoms with Crippen molar-refractivity contribution in [3.05, 3.63) is 42.0 Å². The minimum atomic E-state index is -0.635. The van der Waals surface area contributed by atoms with E-state index in [-0.39, 0.29) is 11.7 Å². The maximum absolute atomic E-state index is 12.2. The number of hydrogen-bond acceptors (Lipinski definition) is 4. The molecule has 0 unspecified atom stereocenters. The lowest BCUT2D eigenvalue weighted by molar-refractivity contribution is -0.117. The van der Waals surface area contributed by atoms with Crippen molar-refractivity contribution in [2.24, 2.45) is 11.0 Å². The van der Waals surface area contributed by atoms with Crippen molar-refractivity contribution in [1.82, 2.24) is 5.43 Å². The summed E-state index contributed by atoms with van der Waals surface area (Å²) in [6, 6.07) is 10.0. The number of Topliss-reactive ketones (excluding diaryl/α,β-unsaturated/α-hetero) is 1. The Morgan fingerprint density at radius 1 is 1.47 bits per heavy atom. The van der Waals surface area contributed by atoms with Crippen molar-refractivity contribution in [2.45, 2.75) is 12.5 Å².